The molecule has 2 nitrogen and oxygen atoms in total. The molecule has 0 aliphatic carbocycles. The number of fused-ring (bicyclic) bond motifs is 1. The van der Waals surface area contributed by atoms with E-state index in [1.165, 1.54) is 22.6 Å². The number of thioether (sulfide) groups is 1. The smallest absolute Gasteiger partial charge is 0.161 e. The number of rotatable bonds is 2. The largest absolute Gasteiger partial charge is 0.493 e. The van der Waals surface area contributed by atoms with Crippen LogP contribution in [-0.2, 0) is 5.41 Å². The lowest BCUT2D eigenvalue weighted by molar-refractivity contribution is 0.351. The zero-order valence-corrected chi connectivity index (χ0v) is 11.1. The summed E-state index contributed by atoms with van der Waals surface area (Å²) >= 11 is 1.90. The summed E-state index contributed by atoms with van der Waals surface area (Å²) in [6.07, 6.45) is 1.21. The van der Waals surface area contributed by atoms with Crippen LogP contribution in [0, 0.1) is 0 Å². The SMILES string of the molecule is COc1cc2c(cc1OC)C(C)(C)CCS2. The quantitative estimate of drug-likeness (QED) is 0.786. The van der Waals surface area contributed by atoms with Crippen molar-refractivity contribution in [1.82, 2.24) is 0 Å². The Morgan fingerprint density at radius 3 is 2.38 bits per heavy atom. The number of benzene rings is 1. The van der Waals surface area contributed by atoms with Gasteiger partial charge in [-0.3, -0.25) is 0 Å². The second-order valence-corrected chi connectivity index (χ2v) is 5.82. The van der Waals surface area contributed by atoms with Gasteiger partial charge in [0.1, 0.15) is 0 Å². The maximum absolute atomic E-state index is 5.36. The number of ether oxygens (including phenoxy) is 2. The molecule has 0 unspecified atom stereocenters. The first kappa shape index (κ1) is 11.6. The van der Waals surface area contributed by atoms with Crippen LogP contribution in [0.25, 0.3) is 0 Å². The molecular formula is C13H18O2S. The average Bonchev–Trinajstić information content (AvgIpc) is 2.27. The predicted molar refractivity (Wildman–Crippen MR) is 67.9 cm³/mol. The third-order valence-corrected chi connectivity index (χ3v) is 4.26. The van der Waals surface area contributed by atoms with Crippen molar-refractivity contribution in [3.8, 4) is 11.5 Å². The molecule has 0 saturated carbocycles. The van der Waals surface area contributed by atoms with Crippen LogP contribution in [0.5, 0.6) is 11.5 Å². The molecule has 1 heterocycles. The van der Waals surface area contributed by atoms with Gasteiger partial charge in [-0.05, 0) is 35.3 Å². The van der Waals surface area contributed by atoms with Gasteiger partial charge in [0.25, 0.3) is 0 Å². The number of hydrogen-bond acceptors (Lipinski definition) is 3. The maximum Gasteiger partial charge on any atom is 0.161 e. The highest BCUT2D eigenvalue weighted by Crippen LogP contribution is 2.45. The zero-order valence-electron chi connectivity index (χ0n) is 10.3. The van der Waals surface area contributed by atoms with E-state index in [2.05, 4.69) is 26.0 Å². The highest BCUT2D eigenvalue weighted by Gasteiger charge is 2.29. The summed E-state index contributed by atoms with van der Waals surface area (Å²) in [5.41, 5.74) is 1.61. The Hall–Kier alpha value is -0.830. The average molecular weight is 238 g/mol. The predicted octanol–water partition coefficient (Wildman–Crippen LogP) is 3.48. The van der Waals surface area contributed by atoms with Crippen LogP contribution < -0.4 is 9.47 Å². The van der Waals surface area contributed by atoms with Gasteiger partial charge in [0.15, 0.2) is 11.5 Å². The lowest BCUT2D eigenvalue weighted by Gasteiger charge is -2.32. The molecule has 0 aromatic heterocycles. The summed E-state index contributed by atoms with van der Waals surface area (Å²) in [5.74, 6) is 2.83. The third-order valence-electron chi connectivity index (χ3n) is 3.20. The Kier molecular flexibility index (Phi) is 3.06. The fraction of sp³-hybridized carbons (Fsp3) is 0.538. The Balaban J connectivity index is 2.55. The first-order chi connectivity index (χ1) is 7.58. The fourth-order valence-corrected chi connectivity index (χ4v) is 3.57. The second kappa shape index (κ2) is 4.21. The molecule has 0 spiro atoms. The van der Waals surface area contributed by atoms with E-state index in [0.29, 0.717) is 0 Å². The van der Waals surface area contributed by atoms with E-state index in [4.69, 9.17) is 9.47 Å². The standard InChI is InChI=1S/C13H18O2S/c1-13(2)5-6-16-12-8-11(15-4)10(14-3)7-9(12)13/h7-8H,5-6H2,1-4H3. The summed E-state index contributed by atoms with van der Waals surface area (Å²) in [4.78, 5) is 1.33. The van der Waals surface area contributed by atoms with Gasteiger partial charge in [0.2, 0.25) is 0 Å². The van der Waals surface area contributed by atoms with Crippen molar-refractivity contribution in [1.29, 1.82) is 0 Å². The number of hydrogen-bond donors (Lipinski definition) is 0. The van der Waals surface area contributed by atoms with Crippen LogP contribution in [-0.4, -0.2) is 20.0 Å². The Bertz CT molecular complexity index is 399. The van der Waals surface area contributed by atoms with Crippen LogP contribution in [0.2, 0.25) is 0 Å². The zero-order chi connectivity index (χ0) is 11.8. The van der Waals surface area contributed by atoms with Gasteiger partial charge in [-0.25, -0.2) is 0 Å². The maximum atomic E-state index is 5.36. The molecule has 88 valence electrons. The monoisotopic (exact) mass is 238 g/mol. The molecule has 0 atom stereocenters. The summed E-state index contributed by atoms with van der Waals surface area (Å²) in [5, 5.41) is 0. The van der Waals surface area contributed by atoms with Crippen molar-refractivity contribution in [2.24, 2.45) is 0 Å². The lowest BCUT2D eigenvalue weighted by atomic mass is 9.81. The van der Waals surface area contributed by atoms with Crippen molar-refractivity contribution in [2.45, 2.75) is 30.6 Å². The van der Waals surface area contributed by atoms with Gasteiger partial charge in [0.05, 0.1) is 14.2 Å². The molecule has 0 fully saturated rings. The Labute approximate surface area is 101 Å². The first-order valence-corrected chi connectivity index (χ1v) is 6.46. The molecule has 1 aromatic carbocycles. The van der Waals surface area contributed by atoms with Crippen molar-refractivity contribution in [3.05, 3.63) is 17.7 Å². The first-order valence-electron chi connectivity index (χ1n) is 5.48. The van der Waals surface area contributed by atoms with Gasteiger partial charge in [0, 0.05) is 4.90 Å². The number of methoxy groups -OCH3 is 2. The topological polar surface area (TPSA) is 18.5 Å². The van der Waals surface area contributed by atoms with Crippen molar-refractivity contribution >= 4 is 11.8 Å². The van der Waals surface area contributed by atoms with Crippen LogP contribution in [0.1, 0.15) is 25.8 Å². The molecule has 0 amide bonds. The summed E-state index contributed by atoms with van der Waals surface area (Å²) in [6.45, 7) is 4.58. The van der Waals surface area contributed by atoms with E-state index in [0.717, 1.165) is 11.5 Å². The molecular weight excluding hydrogens is 220 g/mol. The highest BCUT2D eigenvalue weighted by atomic mass is 32.2. The van der Waals surface area contributed by atoms with Gasteiger partial charge >= 0.3 is 0 Å². The Morgan fingerprint density at radius 2 is 1.75 bits per heavy atom. The third kappa shape index (κ3) is 1.88. The summed E-state index contributed by atoms with van der Waals surface area (Å²) in [7, 11) is 3.37. The van der Waals surface area contributed by atoms with Gasteiger partial charge in [-0.15, -0.1) is 11.8 Å². The molecule has 1 aromatic rings. The molecule has 16 heavy (non-hydrogen) atoms. The minimum Gasteiger partial charge on any atom is -0.493 e. The van der Waals surface area contributed by atoms with Crippen molar-refractivity contribution < 1.29 is 9.47 Å². The molecule has 0 bridgehead atoms. The van der Waals surface area contributed by atoms with E-state index in [1.54, 1.807) is 14.2 Å². The molecule has 0 saturated heterocycles. The summed E-state index contributed by atoms with van der Waals surface area (Å²) < 4.78 is 10.7. The van der Waals surface area contributed by atoms with E-state index in [9.17, 15) is 0 Å². The molecule has 1 aliphatic rings. The lowest BCUT2D eigenvalue weighted by Crippen LogP contribution is -2.22. The van der Waals surface area contributed by atoms with Crippen LogP contribution in [0.3, 0.4) is 0 Å². The van der Waals surface area contributed by atoms with E-state index < -0.39 is 0 Å². The van der Waals surface area contributed by atoms with Gasteiger partial charge in [-0.1, -0.05) is 13.8 Å². The Morgan fingerprint density at radius 1 is 1.12 bits per heavy atom. The van der Waals surface area contributed by atoms with Crippen molar-refractivity contribution in [3.63, 3.8) is 0 Å². The minimum atomic E-state index is 0.236. The fourth-order valence-electron chi connectivity index (χ4n) is 2.06. The molecule has 1 aliphatic heterocycles. The van der Waals surface area contributed by atoms with Crippen molar-refractivity contribution in [2.75, 3.05) is 20.0 Å². The van der Waals surface area contributed by atoms with E-state index in [1.807, 2.05) is 11.8 Å². The highest BCUT2D eigenvalue weighted by molar-refractivity contribution is 7.99. The van der Waals surface area contributed by atoms with Crippen LogP contribution in [0.15, 0.2) is 17.0 Å². The normalized spacial score (nSPS) is 17.8. The minimum absolute atomic E-state index is 0.236. The molecule has 2 rings (SSSR count). The van der Waals surface area contributed by atoms with Crippen LogP contribution in [0.4, 0.5) is 0 Å². The molecule has 0 radical (unpaired) electrons. The van der Waals surface area contributed by atoms with Crippen LogP contribution >= 0.6 is 11.8 Å². The van der Waals surface area contributed by atoms with E-state index >= 15 is 0 Å². The van der Waals surface area contributed by atoms with E-state index in [-0.39, 0.29) is 5.41 Å². The second-order valence-electron chi connectivity index (χ2n) is 4.69. The van der Waals surface area contributed by atoms with Gasteiger partial charge < -0.3 is 9.47 Å². The molecule has 0 N–H and O–H groups in total. The van der Waals surface area contributed by atoms with Gasteiger partial charge in [-0.2, -0.15) is 0 Å². The summed E-state index contributed by atoms with van der Waals surface area (Å²) in [6, 6.07) is 4.22. The molecule has 3 heteroatoms.